The Morgan fingerprint density at radius 2 is 1.26 bits per heavy atom. The lowest BCUT2D eigenvalue weighted by atomic mass is 9.99. The largest absolute Gasteiger partial charge is 0.504 e. The van der Waals surface area contributed by atoms with Gasteiger partial charge in [0, 0.05) is 12.2 Å². The number of hydrogen-bond acceptors (Lipinski definition) is 15. The van der Waals surface area contributed by atoms with Gasteiger partial charge in [-0.25, -0.2) is 9.59 Å². The number of hydrogen-bond donors (Lipinski definition) is 5. The lowest BCUT2D eigenvalue weighted by Gasteiger charge is -2.41. The summed E-state index contributed by atoms with van der Waals surface area (Å²) in [5.41, 5.74) is 1.42. The fourth-order valence-electron chi connectivity index (χ4n) is 4.85. The van der Waals surface area contributed by atoms with Crippen LogP contribution in [0.3, 0.4) is 0 Å². The maximum Gasteiger partial charge on any atom is 0.331 e. The van der Waals surface area contributed by atoms with Crippen molar-refractivity contribution in [2.45, 2.75) is 37.3 Å². The van der Waals surface area contributed by atoms with Crippen molar-refractivity contribution in [1.82, 2.24) is 0 Å². The molecular weight excluding hydrogens is 660 g/mol. The second kappa shape index (κ2) is 17.3. The molecule has 3 aromatic rings. The summed E-state index contributed by atoms with van der Waals surface area (Å²) < 4.78 is 43.6. The smallest absolute Gasteiger partial charge is 0.331 e. The summed E-state index contributed by atoms with van der Waals surface area (Å²) in [5.74, 6) is -1.42. The van der Waals surface area contributed by atoms with Crippen molar-refractivity contribution in [1.29, 1.82) is 0 Å². The number of methoxy groups -OCH3 is 4. The predicted molar refractivity (Wildman–Crippen MR) is 175 cm³/mol. The SMILES string of the molecule is COc1cc(C=CC(=O)OCC2OC(Oc3c(OC)cc(CO)cc3OC)C(O)C(O)C2OC(=O)C=Cc2ccc(O)c(OC)c2)ccc1O. The summed E-state index contributed by atoms with van der Waals surface area (Å²) in [6, 6.07) is 11.7. The maximum atomic E-state index is 12.9. The first kappa shape index (κ1) is 37.3. The molecular formula is C35H38O15. The van der Waals surface area contributed by atoms with Gasteiger partial charge in [-0.05, 0) is 65.2 Å². The molecule has 3 aromatic carbocycles. The first-order valence-electron chi connectivity index (χ1n) is 15.0. The van der Waals surface area contributed by atoms with Gasteiger partial charge in [0.1, 0.15) is 24.9 Å². The van der Waals surface area contributed by atoms with E-state index in [0.717, 1.165) is 12.2 Å². The van der Waals surface area contributed by atoms with Crippen LogP contribution in [0.2, 0.25) is 0 Å². The third-order valence-corrected chi connectivity index (χ3v) is 7.45. The number of benzene rings is 3. The summed E-state index contributed by atoms with van der Waals surface area (Å²) >= 11 is 0. The average Bonchev–Trinajstić information content (AvgIpc) is 3.13. The Kier molecular flexibility index (Phi) is 12.9. The second-order valence-corrected chi connectivity index (χ2v) is 10.7. The van der Waals surface area contributed by atoms with Crippen LogP contribution in [-0.2, 0) is 30.4 Å². The van der Waals surface area contributed by atoms with Crippen LogP contribution in [0.4, 0.5) is 0 Å². The molecule has 1 aliphatic rings. The zero-order valence-corrected chi connectivity index (χ0v) is 27.5. The molecule has 5 atom stereocenters. The Labute approximate surface area is 287 Å². The number of rotatable bonds is 14. The third-order valence-electron chi connectivity index (χ3n) is 7.45. The molecule has 15 nitrogen and oxygen atoms in total. The summed E-state index contributed by atoms with van der Waals surface area (Å²) in [6.45, 7) is -0.904. The summed E-state index contributed by atoms with van der Waals surface area (Å²) in [6.07, 6.45) is -3.24. The van der Waals surface area contributed by atoms with Crippen molar-refractivity contribution < 1.29 is 73.0 Å². The van der Waals surface area contributed by atoms with Gasteiger partial charge in [0.15, 0.2) is 40.6 Å². The molecule has 1 heterocycles. The summed E-state index contributed by atoms with van der Waals surface area (Å²) in [7, 11) is 5.43. The quantitative estimate of drug-likeness (QED) is 0.121. The van der Waals surface area contributed by atoms with Crippen molar-refractivity contribution in [3.05, 3.63) is 77.4 Å². The molecule has 1 aliphatic heterocycles. The van der Waals surface area contributed by atoms with E-state index in [1.165, 1.54) is 83.1 Å². The fourth-order valence-corrected chi connectivity index (χ4v) is 4.85. The van der Waals surface area contributed by atoms with Crippen LogP contribution in [0, 0.1) is 0 Å². The molecule has 4 rings (SSSR count). The van der Waals surface area contributed by atoms with E-state index >= 15 is 0 Å². The van der Waals surface area contributed by atoms with Crippen molar-refractivity contribution >= 4 is 24.1 Å². The number of phenols is 2. The van der Waals surface area contributed by atoms with Crippen LogP contribution >= 0.6 is 0 Å². The lowest BCUT2D eigenvalue weighted by molar-refractivity contribution is -0.281. The van der Waals surface area contributed by atoms with E-state index in [0.29, 0.717) is 16.7 Å². The van der Waals surface area contributed by atoms with Crippen LogP contribution in [0.5, 0.6) is 40.2 Å². The number of aromatic hydroxyl groups is 2. The van der Waals surface area contributed by atoms with Crippen LogP contribution in [0.1, 0.15) is 16.7 Å². The van der Waals surface area contributed by atoms with Crippen molar-refractivity contribution in [2.24, 2.45) is 0 Å². The molecule has 0 aromatic heterocycles. The van der Waals surface area contributed by atoms with E-state index in [4.69, 9.17) is 37.9 Å². The molecule has 1 fully saturated rings. The third kappa shape index (κ3) is 9.15. The van der Waals surface area contributed by atoms with Gasteiger partial charge in [-0.3, -0.25) is 0 Å². The zero-order chi connectivity index (χ0) is 36.4. The normalized spacial score (nSPS) is 20.3. The number of carbonyl (C=O) groups excluding carboxylic acids is 2. The maximum absolute atomic E-state index is 12.9. The standard InChI is InChI=1S/C35H38O15/c1-43-24-13-19(5-9-22(24)37)7-11-29(39)47-18-28-34(49-30(40)12-8-20-6-10-23(38)25(14-20)44-2)31(41)32(42)35(48-28)50-33-26(45-3)15-21(17-36)16-27(33)46-4/h5-16,28,31-32,34-38,41-42H,17-18H2,1-4H3. The Morgan fingerprint density at radius 3 is 1.76 bits per heavy atom. The monoisotopic (exact) mass is 698 g/mol. The Bertz CT molecular complexity index is 1680. The Morgan fingerprint density at radius 1 is 0.740 bits per heavy atom. The topological polar surface area (TPSA) is 209 Å². The highest BCUT2D eigenvalue weighted by Crippen LogP contribution is 2.41. The molecule has 5 unspecified atom stereocenters. The van der Waals surface area contributed by atoms with Gasteiger partial charge >= 0.3 is 11.9 Å². The van der Waals surface area contributed by atoms with Crippen molar-refractivity contribution in [2.75, 3.05) is 35.0 Å². The van der Waals surface area contributed by atoms with Crippen LogP contribution in [0.15, 0.2) is 60.7 Å². The molecule has 268 valence electrons. The van der Waals surface area contributed by atoms with Gasteiger partial charge in [-0.1, -0.05) is 12.1 Å². The van der Waals surface area contributed by atoms with E-state index < -0.39 is 49.3 Å². The predicted octanol–water partition coefficient (Wildman–Crippen LogP) is 2.33. The minimum absolute atomic E-state index is 0.0332. The lowest BCUT2D eigenvalue weighted by Crippen LogP contribution is -2.61. The Balaban J connectivity index is 1.56. The Hall–Kier alpha value is -5.48. The van der Waals surface area contributed by atoms with E-state index in [1.54, 1.807) is 6.07 Å². The first-order valence-corrected chi connectivity index (χ1v) is 15.0. The number of ether oxygens (including phenoxy) is 8. The summed E-state index contributed by atoms with van der Waals surface area (Å²) in [4.78, 5) is 25.6. The number of aliphatic hydroxyl groups excluding tert-OH is 3. The van der Waals surface area contributed by atoms with Gasteiger partial charge in [-0.15, -0.1) is 0 Å². The molecule has 0 aliphatic carbocycles. The molecule has 0 bridgehead atoms. The van der Waals surface area contributed by atoms with Gasteiger partial charge < -0.3 is 63.4 Å². The van der Waals surface area contributed by atoms with Crippen LogP contribution in [-0.4, -0.2) is 103 Å². The van der Waals surface area contributed by atoms with E-state index in [9.17, 15) is 35.1 Å². The van der Waals surface area contributed by atoms with Gasteiger partial charge in [0.25, 0.3) is 0 Å². The van der Waals surface area contributed by atoms with Crippen molar-refractivity contribution in [3.8, 4) is 40.2 Å². The second-order valence-electron chi connectivity index (χ2n) is 10.7. The van der Waals surface area contributed by atoms with E-state index in [1.807, 2.05) is 0 Å². The molecule has 15 heteroatoms. The van der Waals surface area contributed by atoms with Gasteiger partial charge in [-0.2, -0.15) is 0 Å². The highest BCUT2D eigenvalue weighted by molar-refractivity contribution is 5.88. The molecule has 0 radical (unpaired) electrons. The van der Waals surface area contributed by atoms with E-state index in [2.05, 4.69) is 0 Å². The highest BCUT2D eigenvalue weighted by atomic mass is 16.7. The molecule has 50 heavy (non-hydrogen) atoms. The molecule has 1 saturated heterocycles. The first-order chi connectivity index (χ1) is 24.0. The van der Waals surface area contributed by atoms with Gasteiger partial charge in [0.05, 0.1) is 35.0 Å². The summed E-state index contributed by atoms with van der Waals surface area (Å²) in [5, 5.41) is 51.5. The minimum Gasteiger partial charge on any atom is -0.504 e. The zero-order valence-electron chi connectivity index (χ0n) is 27.5. The number of aliphatic hydroxyl groups is 3. The molecule has 0 saturated carbocycles. The molecule has 0 spiro atoms. The van der Waals surface area contributed by atoms with Crippen LogP contribution < -0.4 is 23.7 Å². The minimum atomic E-state index is -1.81. The average molecular weight is 699 g/mol. The molecule has 0 amide bonds. The van der Waals surface area contributed by atoms with Gasteiger partial charge in [0.2, 0.25) is 12.0 Å². The molecule has 5 N–H and O–H groups in total. The number of carbonyl (C=O) groups is 2. The van der Waals surface area contributed by atoms with Crippen LogP contribution in [0.25, 0.3) is 12.2 Å². The number of phenolic OH excluding ortho intramolecular Hbond substituents is 2. The van der Waals surface area contributed by atoms with Crippen molar-refractivity contribution in [3.63, 3.8) is 0 Å². The van der Waals surface area contributed by atoms with E-state index in [-0.39, 0.29) is 46.9 Å². The fraction of sp³-hybridized carbons (Fsp3) is 0.314. The number of esters is 2. The highest BCUT2D eigenvalue weighted by Gasteiger charge is 2.48.